The van der Waals surface area contributed by atoms with Crippen LogP contribution in [-0.4, -0.2) is 27.5 Å². The number of rotatable bonds is 7. The van der Waals surface area contributed by atoms with Crippen molar-refractivity contribution >= 4 is 31.9 Å². The van der Waals surface area contributed by atoms with E-state index in [1.165, 1.54) is 19.1 Å². The van der Waals surface area contributed by atoms with Crippen molar-refractivity contribution in [2.75, 3.05) is 7.11 Å². The fourth-order valence-corrected chi connectivity index (χ4v) is 3.52. The molecule has 2 aromatic carbocycles. The minimum absolute atomic E-state index is 0.102. The maximum Gasteiger partial charge on any atom is 0.241 e. The second kappa shape index (κ2) is 8.46. The number of ether oxygens (including phenoxy) is 1. The van der Waals surface area contributed by atoms with Crippen LogP contribution in [0.25, 0.3) is 0 Å². The molecule has 0 aromatic heterocycles. The molecule has 0 saturated carbocycles. The normalized spacial score (nSPS) is 12.4. The smallest absolute Gasteiger partial charge is 0.241 e. The summed E-state index contributed by atoms with van der Waals surface area (Å²) in [5.74, 6) is 0.321. The van der Waals surface area contributed by atoms with E-state index in [0.29, 0.717) is 6.54 Å². The zero-order valence-corrected chi connectivity index (χ0v) is 16.2. The van der Waals surface area contributed by atoms with E-state index in [4.69, 9.17) is 4.74 Å². The Kier molecular flexibility index (Phi) is 6.57. The van der Waals surface area contributed by atoms with Crippen molar-refractivity contribution < 1.29 is 17.9 Å². The van der Waals surface area contributed by atoms with Gasteiger partial charge in [0.1, 0.15) is 5.75 Å². The lowest BCUT2D eigenvalue weighted by atomic mass is 10.2. The van der Waals surface area contributed by atoms with Gasteiger partial charge in [0.25, 0.3) is 0 Å². The first-order chi connectivity index (χ1) is 11.8. The summed E-state index contributed by atoms with van der Waals surface area (Å²) in [6.07, 6.45) is 0. The molecule has 25 heavy (non-hydrogen) atoms. The van der Waals surface area contributed by atoms with Crippen LogP contribution in [0.15, 0.2) is 57.9 Å². The van der Waals surface area contributed by atoms with Crippen LogP contribution in [0, 0.1) is 0 Å². The highest BCUT2D eigenvalue weighted by Crippen LogP contribution is 2.15. The second-order valence-corrected chi connectivity index (χ2v) is 7.99. The molecular weight excluding hydrogens is 408 g/mol. The third-order valence-corrected chi connectivity index (χ3v) is 5.56. The fourth-order valence-electron chi connectivity index (χ4n) is 2.05. The molecule has 0 fully saturated rings. The molecule has 2 aromatic rings. The van der Waals surface area contributed by atoms with Crippen LogP contribution in [0.5, 0.6) is 5.75 Å². The first-order valence-corrected chi connectivity index (χ1v) is 9.78. The molecule has 8 heteroatoms. The molecule has 1 unspecified atom stereocenters. The van der Waals surface area contributed by atoms with Crippen LogP contribution in [0.1, 0.15) is 12.5 Å². The summed E-state index contributed by atoms with van der Waals surface area (Å²) in [6, 6.07) is 12.5. The van der Waals surface area contributed by atoms with Crippen LogP contribution < -0.4 is 14.8 Å². The average Bonchev–Trinajstić information content (AvgIpc) is 2.60. The molecular formula is C17H19BrN2O4S. The van der Waals surface area contributed by atoms with Crippen LogP contribution >= 0.6 is 15.9 Å². The van der Waals surface area contributed by atoms with E-state index in [-0.39, 0.29) is 4.90 Å². The second-order valence-electron chi connectivity index (χ2n) is 5.36. The zero-order valence-electron chi connectivity index (χ0n) is 13.8. The Morgan fingerprint density at radius 1 is 1.12 bits per heavy atom. The number of benzene rings is 2. The lowest BCUT2D eigenvalue weighted by Gasteiger charge is -2.14. The molecule has 0 aliphatic heterocycles. The number of nitrogens with one attached hydrogen (secondary N) is 2. The van der Waals surface area contributed by atoms with Gasteiger partial charge < -0.3 is 10.1 Å². The van der Waals surface area contributed by atoms with Gasteiger partial charge in [-0.15, -0.1) is 0 Å². The Balaban J connectivity index is 1.93. The molecule has 1 atom stereocenters. The van der Waals surface area contributed by atoms with Gasteiger partial charge in [0.2, 0.25) is 15.9 Å². The summed E-state index contributed by atoms with van der Waals surface area (Å²) in [5.41, 5.74) is 0.886. The Labute approximate surface area is 155 Å². The highest BCUT2D eigenvalue weighted by molar-refractivity contribution is 9.10. The molecule has 0 radical (unpaired) electrons. The predicted octanol–water partition coefficient (Wildman–Crippen LogP) is 2.44. The molecule has 0 heterocycles. The molecule has 134 valence electrons. The van der Waals surface area contributed by atoms with Crippen molar-refractivity contribution in [3.05, 3.63) is 58.6 Å². The van der Waals surface area contributed by atoms with Crippen molar-refractivity contribution in [3.8, 4) is 5.75 Å². The van der Waals surface area contributed by atoms with Crippen LogP contribution in [0.3, 0.4) is 0 Å². The van der Waals surface area contributed by atoms with E-state index < -0.39 is 22.0 Å². The van der Waals surface area contributed by atoms with Crippen molar-refractivity contribution in [2.24, 2.45) is 0 Å². The van der Waals surface area contributed by atoms with E-state index in [1.807, 2.05) is 12.1 Å². The summed E-state index contributed by atoms with van der Waals surface area (Å²) in [4.78, 5) is 12.2. The number of carbonyl (C=O) groups is 1. The van der Waals surface area contributed by atoms with E-state index in [2.05, 4.69) is 26.0 Å². The number of halogens is 1. The van der Waals surface area contributed by atoms with Crippen molar-refractivity contribution in [3.63, 3.8) is 0 Å². The number of hydrogen-bond acceptors (Lipinski definition) is 4. The molecule has 1 amide bonds. The Hall–Kier alpha value is -1.90. The maximum absolute atomic E-state index is 12.3. The monoisotopic (exact) mass is 426 g/mol. The Bertz CT molecular complexity index is 821. The molecule has 2 rings (SSSR count). The van der Waals surface area contributed by atoms with Crippen LogP contribution in [0.4, 0.5) is 0 Å². The molecule has 0 bridgehead atoms. The highest BCUT2D eigenvalue weighted by atomic mass is 79.9. The summed E-state index contributed by atoms with van der Waals surface area (Å²) >= 11 is 3.25. The third kappa shape index (κ3) is 5.55. The van der Waals surface area contributed by atoms with E-state index in [0.717, 1.165) is 15.8 Å². The summed E-state index contributed by atoms with van der Waals surface area (Å²) in [6.45, 7) is 1.80. The minimum Gasteiger partial charge on any atom is -0.497 e. The molecule has 0 aliphatic rings. The minimum atomic E-state index is -3.76. The topological polar surface area (TPSA) is 84.5 Å². The Morgan fingerprint density at radius 2 is 1.72 bits per heavy atom. The largest absolute Gasteiger partial charge is 0.497 e. The first-order valence-electron chi connectivity index (χ1n) is 7.50. The maximum atomic E-state index is 12.3. The predicted molar refractivity (Wildman–Crippen MR) is 98.8 cm³/mol. The molecule has 0 aliphatic carbocycles. The van der Waals surface area contributed by atoms with Gasteiger partial charge in [-0.2, -0.15) is 4.72 Å². The van der Waals surface area contributed by atoms with E-state index in [9.17, 15) is 13.2 Å². The molecule has 0 saturated heterocycles. The van der Waals surface area contributed by atoms with Crippen LogP contribution in [-0.2, 0) is 21.4 Å². The number of sulfonamides is 1. The first kappa shape index (κ1) is 19.4. The lowest BCUT2D eigenvalue weighted by molar-refractivity contribution is -0.122. The standard InChI is InChI=1S/C17H19BrN2O4S/c1-12(20-25(22,23)16-9-5-14(18)6-10-16)17(21)19-11-13-3-7-15(24-2)8-4-13/h3-10,12,20H,11H2,1-2H3,(H,19,21). The summed E-state index contributed by atoms with van der Waals surface area (Å²) < 4.78 is 32.8. The van der Waals surface area contributed by atoms with Crippen molar-refractivity contribution in [2.45, 2.75) is 24.4 Å². The fraction of sp³-hybridized carbons (Fsp3) is 0.235. The Morgan fingerprint density at radius 3 is 2.28 bits per heavy atom. The SMILES string of the molecule is COc1ccc(CNC(=O)C(C)NS(=O)(=O)c2ccc(Br)cc2)cc1. The number of methoxy groups -OCH3 is 1. The van der Waals surface area contributed by atoms with Gasteiger partial charge in [0.05, 0.1) is 18.0 Å². The van der Waals surface area contributed by atoms with Crippen molar-refractivity contribution in [1.29, 1.82) is 0 Å². The number of amides is 1. The summed E-state index contributed by atoms with van der Waals surface area (Å²) in [7, 11) is -2.18. The average molecular weight is 427 g/mol. The van der Waals surface area contributed by atoms with E-state index in [1.54, 1.807) is 31.4 Å². The van der Waals surface area contributed by atoms with Gasteiger partial charge in [-0.3, -0.25) is 4.79 Å². The lowest BCUT2D eigenvalue weighted by Crippen LogP contribution is -2.44. The van der Waals surface area contributed by atoms with Crippen molar-refractivity contribution in [1.82, 2.24) is 10.0 Å². The zero-order chi connectivity index (χ0) is 18.4. The number of hydrogen-bond donors (Lipinski definition) is 2. The molecule has 0 spiro atoms. The third-order valence-electron chi connectivity index (χ3n) is 3.47. The quantitative estimate of drug-likeness (QED) is 0.711. The van der Waals surface area contributed by atoms with E-state index >= 15 is 0 Å². The summed E-state index contributed by atoms with van der Waals surface area (Å²) in [5, 5.41) is 2.71. The van der Waals surface area contributed by atoms with Gasteiger partial charge in [0, 0.05) is 11.0 Å². The van der Waals surface area contributed by atoms with Gasteiger partial charge >= 0.3 is 0 Å². The molecule has 2 N–H and O–H groups in total. The van der Waals surface area contributed by atoms with Gasteiger partial charge in [-0.05, 0) is 48.9 Å². The van der Waals surface area contributed by atoms with Gasteiger partial charge in [0.15, 0.2) is 0 Å². The van der Waals surface area contributed by atoms with Gasteiger partial charge in [-0.25, -0.2) is 8.42 Å². The number of carbonyl (C=O) groups excluding carboxylic acids is 1. The molecule has 6 nitrogen and oxygen atoms in total. The van der Waals surface area contributed by atoms with Crippen LogP contribution in [0.2, 0.25) is 0 Å². The van der Waals surface area contributed by atoms with Gasteiger partial charge in [-0.1, -0.05) is 28.1 Å². The highest BCUT2D eigenvalue weighted by Gasteiger charge is 2.21.